The number of ether oxygens (including phenoxy) is 1. The molecule has 0 radical (unpaired) electrons. The van der Waals surface area contributed by atoms with Crippen LogP contribution in [-0.4, -0.2) is 34.7 Å². The maximum atomic E-state index is 12.3. The maximum Gasteiger partial charge on any atom is 0.255 e. The first-order valence-corrected chi connectivity index (χ1v) is 10.7. The molecule has 6 heteroatoms. The van der Waals surface area contributed by atoms with E-state index in [1.165, 1.54) is 5.41 Å². The summed E-state index contributed by atoms with van der Waals surface area (Å²) in [5.74, 6) is 0. The fourth-order valence-electron chi connectivity index (χ4n) is 3.15. The summed E-state index contributed by atoms with van der Waals surface area (Å²) in [6, 6.07) is 15.2. The van der Waals surface area contributed by atoms with Crippen LogP contribution in [0.4, 0.5) is 11.4 Å². The van der Waals surface area contributed by atoms with Gasteiger partial charge in [-0.15, -0.1) is 0 Å². The molecule has 1 N–H and O–H groups in total. The number of piperidine rings is 1. The van der Waals surface area contributed by atoms with Crippen LogP contribution in [0.2, 0.25) is 0 Å². The largest absolute Gasteiger partial charge is 0.380 e. The van der Waals surface area contributed by atoms with Gasteiger partial charge in [0.2, 0.25) is 0 Å². The number of sulfonamides is 1. The van der Waals surface area contributed by atoms with Crippen LogP contribution in [0.3, 0.4) is 0 Å². The molecule has 144 valence electrons. The summed E-state index contributed by atoms with van der Waals surface area (Å²) in [4.78, 5) is 2.27. The van der Waals surface area contributed by atoms with Crippen molar-refractivity contribution in [1.82, 2.24) is 0 Å². The minimum atomic E-state index is -3.56. The average molecular weight is 387 g/mol. The Morgan fingerprint density at radius 1 is 1.11 bits per heavy atom. The molecule has 27 heavy (non-hydrogen) atoms. The highest BCUT2D eigenvalue weighted by Gasteiger charge is 2.19. The molecule has 0 spiro atoms. The molecular weight excluding hydrogens is 360 g/mol. The van der Waals surface area contributed by atoms with E-state index >= 15 is 0 Å². The lowest BCUT2D eigenvalue weighted by molar-refractivity contribution is 0.0893. The smallest absolute Gasteiger partial charge is 0.255 e. The Bertz CT molecular complexity index is 875. The highest BCUT2D eigenvalue weighted by atomic mass is 32.2. The maximum absolute atomic E-state index is 12.3. The summed E-state index contributed by atoms with van der Waals surface area (Å²) >= 11 is 0. The van der Waals surface area contributed by atoms with Crippen LogP contribution in [0.25, 0.3) is 6.08 Å². The van der Waals surface area contributed by atoms with E-state index in [1.807, 2.05) is 43.3 Å². The third kappa shape index (κ3) is 5.58. The molecule has 3 rings (SSSR count). The molecule has 1 saturated heterocycles. The Morgan fingerprint density at radius 2 is 1.81 bits per heavy atom. The molecule has 1 aliphatic heterocycles. The summed E-state index contributed by atoms with van der Waals surface area (Å²) in [5, 5.41) is 1.19. The number of rotatable bonds is 6. The van der Waals surface area contributed by atoms with Crippen LogP contribution in [-0.2, 0) is 14.8 Å². The highest BCUT2D eigenvalue weighted by molar-refractivity contribution is 7.95. The van der Waals surface area contributed by atoms with Gasteiger partial charge < -0.3 is 9.64 Å². The number of methoxy groups -OCH3 is 1. The highest BCUT2D eigenvalue weighted by Crippen LogP contribution is 2.23. The topological polar surface area (TPSA) is 58.6 Å². The van der Waals surface area contributed by atoms with Gasteiger partial charge in [-0.05, 0) is 55.7 Å². The van der Waals surface area contributed by atoms with Crippen LogP contribution in [0, 0.1) is 6.92 Å². The molecule has 1 fully saturated rings. The van der Waals surface area contributed by atoms with Gasteiger partial charge in [-0.3, -0.25) is 4.72 Å². The predicted octanol–water partition coefficient (Wildman–Crippen LogP) is 4.02. The van der Waals surface area contributed by atoms with Crippen molar-refractivity contribution in [2.24, 2.45) is 0 Å². The SMILES string of the molecule is COC1CCCN(c2ccc(NS(=O)(=O)/C=C/c3ccc(C)cc3)cc2)C1. The summed E-state index contributed by atoms with van der Waals surface area (Å²) in [7, 11) is -1.81. The molecule has 0 aromatic heterocycles. The van der Waals surface area contributed by atoms with E-state index in [-0.39, 0.29) is 6.10 Å². The molecule has 1 aliphatic rings. The van der Waals surface area contributed by atoms with E-state index in [9.17, 15) is 8.42 Å². The van der Waals surface area contributed by atoms with E-state index in [0.29, 0.717) is 5.69 Å². The number of benzene rings is 2. The average Bonchev–Trinajstić information content (AvgIpc) is 2.68. The Kier molecular flexibility index (Phi) is 6.19. The van der Waals surface area contributed by atoms with E-state index in [2.05, 4.69) is 9.62 Å². The van der Waals surface area contributed by atoms with Gasteiger partial charge >= 0.3 is 0 Å². The van der Waals surface area contributed by atoms with Crippen molar-refractivity contribution in [2.75, 3.05) is 29.8 Å². The zero-order chi connectivity index (χ0) is 19.3. The first-order chi connectivity index (χ1) is 12.9. The summed E-state index contributed by atoms with van der Waals surface area (Å²) in [5.41, 5.74) is 3.61. The number of nitrogens with zero attached hydrogens (tertiary/aromatic N) is 1. The lowest BCUT2D eigenvalue weighted by atomic mass is 10.1. The third-order valence-corrected chi connectivity index (χ3v) is 5.74. The number of aryl methyl sites for hydroxylation is 1. The molecule has 1 heterocycles. The van der Waals surface area contributed by atoms with E-state index in [4.69, 9.17) is 4.74 Å². The quantitative estimate of drug-likeness (QED) is 0.815. The van der Waals surface area contributed by atoms with Gasteiger partial charge in [0.25, 0.3) is 10.0 Å². The lowest BCUT2D eigenvalue weighted by Gasteiger charge is -2.33. The number of hydrogen-bond acceptors (Lipinski definition) is 4. The van der Waals surface area contributed by atoms with Crippen molar-refractivity contribution in [2.45, 2.75) is 25.9 Å². The van der Waals surface area contributed by atoms with Crippen molar-refractivity contribution < 1.29 is 13.2 Å². The molecule has 5 nitrogen and oxygen atoms in total. The molecule has 2 aromatic carbocycles. The van der Waals surface area contributed by atoms with E-state index in [1.54, 1.807) is 25.3 Å². The van der Waals surface area contributed by atoms with Crippen LogP contribution in [0.15, 0.2) is 53.9 Å². The van der Waals surface area contributed by atoms with Gasteiger partial charge in [0.15, 0.2) is 0 Å². The molecular formula is C21H26N2O3S. The summed E-state index contributed by atoms with van der Waals surface area (Å²) in [6.45, 7) is 3.85. The molecule has 0 saturated carbocycles. The fraction of sp³-hybridized carbons (Fsp3) is 0.333. The Morgan fingerprint density at radius 3 is 2.48 bits per heavy atom. The zero-order valence-electron chi connectivity index (χ0n) is 15.8. The van der Waals surface area contributed by atoms with E-state index < -0.39 is 10.0 Å². The molecule has 1 atom stereocenters. The van der Waals surface area contributed by atoms with Crippen molar-refractivity contribution in [3.63, 3.8) is 0 Å². The van der Waals surface area contributed by atoms with Crippen LogP contribution < -0.4 is 9.62 Å². The van der Waals surface area contributed by atoms with Crippen molar-refractivity contribution in [3.05, 3.63) is 65.1 Å². The molecule has 1 unspecified atom stereocenters. The van der Waals surface area contributed by atoms with Crippen LogP contribution in [0.5, 0.6) is 0 Å². The minimum Gasteiger partial charge on any atom is -0.380 e. The Hall–Kier alpha value is -2.31. The Balaban J connectivity index is 1.64. The van der Waals surface area contributed by atoms with Crippen molar-refractivity contribution >= 4 is 27.5 Å². The molecule has 0 aliphatic carbocycles. The van der Waals surface area contributed by atoms with Crippen LogP contribution in [0.1, 0.15) is 24.0 Å². The summed E-state index contributed by atoms with van der Waals surface area (Å²) in [6.07, 6.45) is 4.02. The van der Waals surface area contributed by atoms with Crippen molar-refractivity contribution in [3.8, 4) is 0 Å². The first kappa shape index (κ1) is 19.5. The number of hydrogen-bond donors (Lipinski definition) is 1. The van der Waals surface area contributed by atoms with Crippen LogP contribution >= 0.6 is 0 Å². The van der Waals surface area contributed by atoms with Gasteiger partial charge in [0.1, 0.15) is 0 Å². The normalized spacial score (nSPS) is 18.0. The standard InChI is InChI=1S/C21H26N2O3S/c1-17-5-7-18(8-6-17)13-15-27(24,25)22-19-9-11-20(12-10-19)23-14-3-4-21(16-23)26-2/h5-13,15,21-22H,3-4,14,16H2,1-2H3/b15-13+. The van der Waals surface area contributed by atoms with Gasteiger partial charge in [0.05, 0.1) is 11.5 Å². The zero-order valence-corrected chi connectivity index (χ0v) is 16.6. The second-order valence-corrected chi connectivity index (χ2v) is 8.42. The molecule has 0 bridgehead atoms. The Labute approximate surface area is 161 Å². The third-order valence-electron chi connectivity index (χ3n) is 4.72. The monoisotopic (exact) mass is 386 g/mol. The number of anilines is 2. The first-order valence-electron chi connectivity index (χ1n) is 9.10. The molecule has 0 amide bonds. The minimum absolute atomic E-state index is 0.254. The van der Waals surface area contributed by atoms with Crippen molar-refractivity contribution in [1.29, 1.82) is 0 Å². The van der Waals surface area contributed by atoms with E-state index in [0.717, 1.165) is 42.7 Å². The fourth-order valence-corrected chi connectivity index (χ4v) is 4.02. The van der Waals surface area contributed by atoms with Gasteiger partial charge in [-0.2, -0.15) is 0 Å². The predicted molar refractivity (Wildman–Crippen MR) is 111 cm³/mol. The van der Waals surface area contributed by atoms with Gasteiger partial charge in [-0.25, -0.2) is 8.42 Å². The molecule has 2 aromatic rings. The summed E-state index contributed by atoms with van der Waals surface area (Å²) < 4.78 is 32.6. The van der Waals surface area contributed by atoms with Gasteiger partial charge in [-0.1, -0.05) is 29.8 Å². The second-order valence-electron chi connectivity index (χ2n) is 6.85. The second kappa shape index (κ2) is 8.59. The lowest BCUT2D eigenvalue weighted by Crippen LogP contribution is -2.39. The van der Waals surface area contributed by atoms with Gasteiger partial charge in [0, 0.05) is 31.6 Å². The number of nitrogens with one attached hydrogen (secondary N) is 1.